The van der Waals surface area contributed by atoms with E-state index in [1.165, 1.54) is 96.3 Å². The fourth-order valence-corrected chi connectivity index (χ4v) is 3.91. The van der Waals surface area contributed by atoms with E-state index >= 15 is 0 Å². The van der Waals surface area contributed by atoms with Crippen molar-refractivity contribution in [3.8, 4) is 0 Å². The highest BCUT2D eigenvalue weighted by Gasteiger charge is 2.19. The van der Waals surface area contributed by atoms with Crippen molar-refractivity contribution in [2.24, 2.45) is 16.7 Å². The SMILES string of the molecule is CCC(C)(C)CCC(CCCCCCCCCCCO)CCCC(C)(C)C. The van der Waals surface area contributed by atoms with Crippen molar-refractivity contribution < 1.29 is 5.11 Å². The number of aliphatic hydroxyl groups is 1. The number of rotatable bonds is 18. The third-order valence-corrected chi connectivity index (χ3v) is 6.50. The quantitative estimate of drug-likeness (QED) is 0.234. The summed E-state index contributed by atoms with van der Waals surface area (Å²) in [6.45, 7) is 14.7. The zero-order chi connectivity index (χ0) is 20.6. The van der Waals surface area contributed by atoms with Gasteiger partial charge in [-0.05, 0) is 42.4 Å². The first-order valence-electron chi connectivity index (χ1n) is 12.3. The Morgan fingerprint density at radius 3 is 1.56 bits per heavy atom. The first-order chi connectivity index (χ1) is 12.7. The van der Waals surface area contributed by atoms with E-state index in [-0.39, 0.29) is 0 Å². The molecule has 1 atom stereocenters. The molecule has 0 aromatic carbocycles. The highest BCUT2D eigenvalue weighted by atomic mass is 16.2. The van der Waals surface area contributed by atoms with E-state index in [0.29, 0.717) is 17.4 Å². The van der Waals surface area contributed by atoms with Crippen LogP contribution in [0.25, 0.3) is 0 Å². The lowest BCUT2D eigenvalue weighted by molar-refractivity contribution is 0.256. The Morgan fingerprint density at radius 1 is 0.593 bits per heavy atom. The molecule has 1 nitrogen and oxygen atoms in total. The van der Waals surface area contributed by atoms with Crippen LogP contribution in [0.5, 0.6) is 0 Å². The summed E-state index contributed by atoms with van der Waals surface area (Å²) < 4.78 is 0. The predicted octanol–water partition coefficient (Wildman–Crippen LogP) is 8.93. The van der Waals surface area contributed by atoms with Gasteiger partial charge in [0.15, 0.2) is 0 Å². The summed E-state index contributed by atoms with van der Waals surface area (Å²) in [5.74, 6) is 0.955. The van der Waals surface area contributed by atoms with E-state index in [9.17, 15) is 0 Å². The van der Waals surface area contributed by atoms with Gasteiger partial charge in [-0.3, -0.25) is 0 Å². The average Bonchev–Trinajstić information content (AvgIpc) is 2.59. The highest BCUT2D eigenvalue weighted by molar-refractivity contribution is 4.71. The second kappa shape index (κ2) is 15.8. The second-order valence-corrected chi connectivity index (χ2v) is 11.1. The van der Waals surface area contributed by atoms with Crippen LogP contribution in [0.4, 0.5) is 0 Å². The van der Waals surface area contributed by atoms with Crippen LogP contribution in [0.15, 0.2) is 0 Å². The maximum Gasteiger partial charge on any atom is 0.0431 e. The molecule has 0 fully saturated rings. The standard InChI is InChI=1S/C26H54O/c1-7-26(5,6)22-20-24(19-17-21-25(2,3)4)18-15-13-11-9-8-10-12-14-16-23-27/h24,27H,7-23H2,1-6H3. The molecule has 1 unspecified atom stereocenters. The van der Waals surface area contributed by atoms with Crippen molar-refractivity contribution in [2.75, 3.05) is 6.61 Å². The van der Waals surface area contributed by atoms with Crippen LogP contribution < -0.4 is 0 Å². The number of hydrogen-bond acceptors (Lipinski definition) is 1. The predicted molar refractivity (Wildman–Crippen MR) is 123 cm³/mol. The molecule has 0 rings (SSSR count). The van der Waals surface area contributed by atoms with Gasteiger partial charge in [-0.2, -0.15) is 0 Å². The fraction of sp³-hybridized carbons (Fsp3) is 1.00. The summed E-state index contributed by atoms with van der Waals surface area (Å²) >= 11 is 0. The average molecular weight is 383 g/mol. The minimum Gasteiger partial charge on any atom is -0.396 e. The Balaban J connectivity index is 3.94. The zero-order valence-corrected chi connectivity index (χ0v) is 20.0. The molecule has 0 bridgehead atoms. The van der Waals surface area contributed by atoms with Gasteiger partial charge < -0.3 is 5.11 Å². The van der Waals surface area contributed by atoms with E-state index in [0.717, 1.165) is 12.3 Å². The molecule has 164 valence electrons. The van der Waals surface area contributed by atoms with E-state index in [4.69, 9.17) is 5.11 Å². The zero-order valence-electron chi connectivity index (χ0n) is 20.0. The first-order valence-corrected chi connectivity index (χ1v) is 12.3. The Labute approximate surface area is 173 Å². The number of hydrogen-bond donors (Lipinski definition) is 1. The molecule has 1 N–H and O–H groups in total. The lowest BCUT2D eigenvalue weighted by atomic mass is 9.79. The Morgan fingerprint density at radius 2 is 1.07 bits per heavy atom. The first kappa shape index (κ1) is 27.0. The molecule has 0 amide bonds. The third-order valence-electron chi connectivity index (χ3n) is 6.50. The van der Waals surface area contributed by atoms with Crippen LogP contribution in [0.3, 0.4) is 0 Å². The van der Waals surface area contributed by atoms with E-state index < -0.39 is 0 Å². The number of aliphatic hydroxyl groups excluding tert-OH is 1. The van der Waals surface area contributed by atoms with Gasteiger partial charge in [-0.1, -0.05) is 119 Å². The molecule has 0 aliphatic heterocycles. The monoisotopic (exact) mass is 382 g/mol. The van der Waals surface area contributed by atoms with Gasteiger partial charge in [-0.25, -0.2) is 0 Å². The Kier molecular flexibility index (Phi) is 15.8. The molecule has 0 aromatic rings. The van der Waals surface area contributed by atoms with Crippen molar-refractivity contribution in [1.29, 1.82) is 0 Å². The lowest BCUT2D eigenvalue weighted by Crippen LogP contribution is -2.13. The second-order valence-electron chi connectivity index (χ2n) is 11.1. The normalized spacial score (nSPS) is 13.9. The topological polar surface area (TPSA) is 20.2 Å². The van der Waals surface area contributed by atoms with Crippen molar-refractivity contribution in [3.05, 3.63) is 0 Å². The Bertz CT molecular complexity index is 313. The van der Waals surface area contributed by atoms with Gasteiger partial charge in [0.2, 0.25) is 0 Å². The molecule has 0 aliphatic rings. The lowest BCUT2D eigenvalue weighted by Gasteiger charge is -2.27. The van der Waals surface area contributed by atoms with Crippen LogP contribution >= 0.6 is 0 Å². The van der Waals surface area contributed by atoms with Crippen molar-refractivity contribution in [1.82, 2.24) is 0 Å². The maximum atomic E-state index is 8.80. The Hall–Kier alpha value is -0.0400. The smallest absolute Gasteiger partial charge is 0.0431 e. The molecule has 1 heteroatoms. The van der Waals surface area contributed by atoms with E-state index in [1.807, 2.05) is 0 Å². The van der Waals surface area contributed by atoms with Crippen LogP contribution in [0.2, 0.25) is 0 Å². The summed E-state index contributed by atoms with van der Waals surface area (Å²) in [6.07, 6.45) is 21.8. The molecule has 27 heavy (non-hydrogen) atoms. The molecule has 0 saturated carbocycles. The third kappa shape index (κ3) is 19.1. The van der Waals surface area contributed by atoms with Gasteiger partial charge in [0.25, 0.3) is 0 Å². The summed E-state index contributed by atoms with van der Waals surface area (Å²) in [5, 5.41) is 8.80. The molecular weight excluding hydrogens is 328 g/mol. The molecule has 0 heterocycles. The van der Waals surface area contributed by atoms with Gasteiger partial charge in [0.05, 0.1) is 0 Å². The van der Waals surface area contributed by atoms with Gasteiger partial charge >= 0.3 is 0 Å². The summed E-state index contributed by atoms with van der Waals surface area (Å²) in [6, 6.07) is 0. The van der Waals surface area contributed by atoms with E-state index in [2.05, 4.69) is 41.5 Å². The molecular formula is C26H54O. The van der Waals surface area contributed by atoms with Crippen molar-refractivity contribution >= 4 is 0 Å². The highest BCUT2D eigenvalue weighted by Crippen LogP contribution is 2.33. The largest absolute Gasteiger partial charge is 0.396 e. The minimum atomic E-state index is 0.367. The summed E-state index contributed by atoms with van der Waals surface area (Å²) in [7, 11) is 0. The van der Waals surface area contributed by atoms with E-state index in [1.54, 1.807) is 0 Å². The molecule has 0 saturated heterocycles. The maximum absolute atomic E-state index is 8.80. The van der Waals surface area contributed by atoms with Crippen LogP contribution in [-0.4, -0.2) is 11.7 Å². The molecule has 0 aromatic heterocycles. The van der Waals surface area contributed by atoms with Gasteiger partial charge in [0.1, 0.15) is 0 Å². The van der Waals surface area contributed by atoms with Crippen LogP contribution in [0, 0.1) is 16.7 Å². The van der Waals surface area contributed by atoms with Crippen molar-refractivity contribution in [3.63, 3.8) is 0 Å². The minimum absolute atomic E-state index is 0.367. The van der Waals surface area contributed by atoms with Crippen molar-refractivity contribution in [2.45, 2.75) is 144 Å². The van der Waals surface area contributed by atoms with Gasteiger partial charge in [0, 0.05) is 6.61 Å². The molecule has 0 radical (unpaired) electrons. The van der Waals surface area contributed by atoms with Gasteiger partial charge in [-0.15, -0.1) is 0 Å². The van der Waals surface area contributed by atoms with Crippen LogP contribution in [0.1, 0.15) is 144 Å². The molecule has 0 spiro atoms. The summed E-state index contributed by atoms with van der Waals surface area (Å²) in [4.78, 5) is 0. The fourth-order valence-electron chi connectivity index (χ4n) is 3.91. The number of unbranched alkanes of at least 4 members (excludes halogenated alkanes) is 8. The summed E-state index contributed by atoms with van der Waals surface area (Å²) in [5.41, 5.74) is 1.02. The van der Waals surface area contributed by atoms with Crippen LogP contribution in [-0.2, 0) is 0 Å². The molecule has 0 aliphatic carbocycles.